The Bertz CT molecular complexity index is 1190. The minimum Gasteiger partial charge on any atom is -0.493 e. The van der Waals surface area contributed by atoms with Crippen LogP contribution in [-0.4, -0.2) is 38.3 Å². The number of halogens is 1. The second-order valence-corrected chi connectivity index (χ2v) is 10.1. The maximum atomic E-state index is 14.5. The third-order valence-electron chi connectivity index (χ3n) is 7.07. The highest BCUT2D eigenvalue weighted by Crippen LogP contribution is 2.49. The fraction of sp³-hybridized carbons (Fsp3) is 0.393. The quantitative estimate of drug-likeness (QED) is 0.446. The van der Waals surface area contributed by atoms with E-state index in [1.165, 1.54) is 18.4 Å². The number of pyridine rings is 1. The molecule has 35 heavy (non-hydrogen) atoms. The lowest BCUT2D eigenvalue weighted by Crippen LogP contribution is -2.43. The Labute approximate surface area is 209 Å². The summed E-state index contributed by atoms with van der Waals surface area (Å²) in [5.41, 5.74) is 5.33. The van der Waals surface area contributed by atoms with Crippen molar-refractivity contribution in [2.24, 2.45) is 0 Å². The Morgan fingerprint density at radius 1 is 1.00 bits per heavy atom. The van der Waals surface area contributed by atoms with Crippen LogP contribution in [0.2, 0.25) is 0 Å². The molecule has 2 aliphatic rings. The summed E-state index contributed by atoms with van der Waals surface area (Å²) < 4.78 is 25.8. The number of hydrogen-bond donors (Lipinski definition) is 1. The molecule has 2 fully saturated rings. The van der Waals surface area contributed by atoms with E-state index in [0.29, 0.717) is 23.8 Å². The highest BCUT2D eigenvalue weighted by atomic mass is 31.0. The number of nitrogens with one attached hydrogen (secondary N) is 1. The highest BCUT2D eigenvalue weighted by Gasteiger charge is 2.29. The van der Waals surface area contributed by atoms with Crippen molar-refractivity contribution in [2.75, 3.05) is 32.2 Å². The van der Waals surface area contributed by atoms with Gasteiger partial charge in [0.25, 0.3) is 0 Å². The van der Waals surface area contributed by atoms with E-state index >= 15 is 0 Å². The van der Waals surface area contributed by atoms with Crippen molar-refractivity contribution >= 4 is 20.2 Å². The molecule has 0 bridgehead atoms. The van der Waals surface area contributed by atoms with E-state index in [4.69, 9.17) is 9.47 Å². The second-order valence-electron chi connectivity index (χ2n) is 9.47. The number of nitrogens with zero attached hydrogens (tertiary/aromatic N) is 2. The van der Waals surface area contributed by atoms with Gasteiger partial charge in [0.2, 0.25) is 0 Å². The average molecular weight is 494 g/mol. The van der Waals surface area contributed by atoms with Crippen molar-refractivity contribution in [3.63, 3.8) is 0 Å². The molecule has 5 nitrogen and oxygen atoms in total. The van der Waals surface area contributed by atoms with E-state index in [1.807, 2.05) is 30.6 Å². The van der Waals surface area contributed by atoms with E-state index in [0.717, 1.165) is 59.8 Å². The third-order valence-corrected chi connectivity index (χ3v) is 7.54. The fourth-order valence-corrected chi connectivity index (χ4v) is 5.21. The highest BCUT2D eigenvalue weighted by molar-refractivity contribution is 7.27. The van der Waals surface area contributed by atoms with Gasteiger partial charge in [-0.15, -0.1) is 9.24 Å². The SMILES string of the molecule is COc1cc(-c2cncc(CN(c3ccc(P)c(F)c3)C3CCNCC3)c2)cc(C2CC2)c1OC. The van der Waals surface area contributed by atoms with Crippen molar-refractivity contribution < 1.29 is 13.9 Å². The third kappa shape index (κ3) is 5.29. The van der Waals surface area contributed by atoms with Crippen LogP contribution >= 0.6 is 9.24 Å². The fourth-order valence-electron chi connectivity index (χ4n) is 5.03. The minimum absolute atomic E-state index is 0.198. The van der Waals surface area contributed by atoms with Crippen LogP contribution < -0.4 is 25.0 Å². The predicted octanol–water partition coefficient (Wildman–Crippen LogP) is 5.04. The summed E-state index contributed by atoms with van der Waals surface area (Å²) in [6, 6.07) is 12.3. The van der Waals surface area contributed by atoms with Gasteiger partial charge in [0.15, 0.2) is 11.5 Å². The van der Waals surface area contributed by atoms with Crippen molar-refractivity contribution in [3.8, 4) is 22.6 Å². The van der Waals surface area contributed by atoms with Crippen LogP contribution in [0.15, 0.2) is 48.8 Å². The molecule has 2 heterocycles. The Hall–Kier alpha value is -2.69. The summed E-state index contributed by atoms with van der Waals surface area (Å²) >= 11 is 0. The standard InChI is InChI=1S/C28H33FN3O2P/c1-33-26-13-20(12-24(19-3-4-19)28(26)34-2)21-11-18(15-31-16-21)17-32(22-7-9-30-10-8-22)23-5-6-27(35)25(29)14-23/h5-6,11-16,19,22,30H,3-4,7-10,17,35H2,1-2H3. The summed E-state index contributed by atoms with van der Waals surface area (Å²) in [6.45, 7) is 2.61. The molecular weight excluding hydrogens is 460 g/mol. The van der Waals surface area contributed by atoms with Gasteiger partial charge in [-0.05, 0) is 86.1 Å². The van der Waals surface area contributed by atoms with E-state index in [9.17, 15) is 4.39 Å². The van der Waals surface area contributed by atoms with Gasteiger partial charge in [0.05, 0.1) is 14.2 Å². The molecule has 2 aromatic carbocycles. The van der Waals surface area contributed by atoms with Crippen LogP contribution in [0.3, 0.4) is 0 Å². The van der Waals surface area contributed by atoms with Crippen molar-refractivity contribution in [2.45, 2.75) is 44.2 Å². The second kappa shape index (κ2) is 10.5. The smallest absolute Gasteiger partial charge is 0.164 e. The van der Waals surface area contributed by atoms with Crippen molar-refractivity contribution in [1.82, 2.24) is 10.3 Å². The first-order valence-corrected chi connectivity index (χ1v) is 12.9. The number of aromatic nitrogens is 1. The lowest BCUT2D eigenvalue weighted by molar-refractivity contribution is 0.352. The van der Waals surface area contributed by atoms with E-state index in [1.54, 1.807) is 20.3 Å². The van der Waals surface area contributed by atoms with Gasteiger partial charge in [-0.1, -0.05) is 6.07 Å². The summed E-state index contributed by atoms with van der Waals surface area (Å²) in [6.07, 6.45) is 8.23. The van der Waals surface area contributed by atoms with Crippen molar-refractivity contribution in [3.05, 3.63) is 65.7 Å². The number of hydrogen-bond acceptors (Lipinski definition) is 5. The molecule has 0 spiro atoms. The minimum atomic E-state index is -0.198. The monoisotopic (exact) mass is 493 g/mol. The first-order valence-electron chi connectivity index (χ1n) is 12.3. The Morgan fingerprint density at radius 3 is 2.49 bits per heavy atom. The molecule has 1 saturated heterocycles. The Kier molecular flexibility index (Phi) is 7.22. The number of piperidine rings is 1. The molecule has 3 aromatic rings. The Balaban J connectivity index is 1.48. The zero-order valence-corrected chi connectivity index (χ0v) is 21.5. The lowest BCUT2D eigenvalue weighted by Gasteiger charge is -2.36. The van der Waals surface area contributed by atoms with Crippen LogP contribution in [0.25, 0.3) is 11.1 Å². The van der Waals surface area contributed by atoms with Gasteiger partial charge in [0, 0.05) is 47.1 Å². The van der Waals surface area contributed by atoms with E-state index in [2.05, 4.69) is 36.6 Å². The summed E-state index contributed by atoms with van der Waals surface area (Å²) in [5, 5.41) is 4.02. The van der Waals surface area contributed by atoms with E-state index in [-0.39, 0.29) is 5.82 Å². The van der Waals surface area contributed by atoms with Crippen LogP contribution in [-0.2, 0) is 6.54 Å². The molecule has 1 atom stereocenters. The lowest BCUT2D eigenvalue weighted by atomic mass is 9.98. The largest absolute Gasteiger partial charge is 0.493 e. The molecule has 5 rings (SSSR count). The van der Waals surface area contributed by atoms with Gasteiger partial charge >= 0.3 is 0 Å². The van der Waals surface area contributed by atoms with Gasteiger partial charge < -0.3 is 19.7 Å². The number of ether oxygens (including phenoxy) is 2. The molecule has 0 amide bonds. The van der Waals surface area contributed by atoms with Crippen LogP contribution in [0.1, 0.15) is 42.7 Å². The number of rotatable bonds is 8. The maximum Gasteiger partial charge on any atom is 0.164 e. The van der Waals surface area contributed by atoms with Gasteiger partial charge in [-0.2, -0.15) is 0 Å². The van der Waals surface area contributed by atoms with Crippen LogP contribution in [0, 0.1) is 5.82 Å². The summed E-state index contributed by atoms with van der Waals surface area (Å²) in [5.74, 6) is 1.91. The van der Waals surface area contributed by atoms with Gasteiger partial charge in [-0.3, -0.25) is 4.98 Å². The average Bonchev–Trinajstić information content (AvgIpc) is 3.74. The maximum absolute atomic E-state index is 14.5. The van der Waals surface area contributed by atoms with Crippen LogP contribution in [0.4, 0.5) is 10.1 Å². The summed E-state index contributed by atoms with van der Waals surface area (Å²) in [7, 11) is 5.85. The molecule has 1 N–H and O–H groups in total. The number of methoxy groups -OCH3 is 2. The molecular formula is C28H33FN3O2P. The molecule has 184 valence electrons. The molecule has 7 heteroatoms. The molecule has 1 saturated carbocycles. The van der Waals surface area contributed by atoms with E-state index < -0.39 is 0 Å². The number of benzene rings is 2. The summed E-state index contributed by atoms with van der Waals surface area (Å²) in [4.78, 5) is 6.92. The van der Waals surface area contributed by atoms with Gasteiger partial charge in [-0.25, -0.2) is 4.39 Å². The molecule has 0 radical (unpaired) electrons. The van der Waals surface area contributed by atoms with Gasteiger partial charge in [0.1, 0.15) is 5.82 Å². The normalized spacial score (nSPS) is 16.2. The zero-order valence-electron chi connectivity index (χ0n) is 20.4. The predicted molar refractivity (Wildman–Crippen MR) is 143 cm³/mol. The Morgan fingerprint density at radius 2 is 1.80 bits per heavy atom. The molecule has 1 aliphatic carbocycles. The number of anilines is 1. The molecule has 1 unspecified atom stereocenters. The first-order chi connectivity index (χ1) is 17.1. The molecule has 1 aromatic heterocycles. The zero-order chi connectivity index (χ0) is 24.4. The first kappa shape index (κ1) is 24.0. The van der Waals surface area contributed by atoms with Crippen molar-refractivity contribution in [1.29, 1.82) is 0 Å². The topological polar surface area (TPSA) is 46.6 Å². The molecule has 1 aliphatic heterocycles. The van der Waals surface area contributed by atoms with Crippen LogP contribution in [0.5, 0.6) is 11.5 Å².